The van der Waals surface area contributed by atoms with Crippen LogP contribution in [0.4, 0.5) is 0 Å². The molecule has 12 heavy (non-hydrogen) atoms. The van der Waals surface area contributed by atoms with Crippen LogP contribution in [-0.4, -0.2) is 39.3 Å². The summed E-state index contributed by atoms with van der Waals surface area (Å²) in [6.07, 6.45) is 5.53. The van der Waals surface area contributed by atoms with Crippen LogP contribution in [0, 0.1) is 0 Å². The molecule has 0 spiro atoms. The fourth-order valence-electron chi connectivity index (χ4n) is 1.51. The second kappa shape index (κ2) is 3.89. The number of carboxylic acid groups (broad SMARTS) is 1. The molecular weight excluding hydrogens is 194 g/mol. The van der Waals surface area contributed by atoms with E-state index in [9.17, 15) is 4.79 Å². The molecule has 0 radical (unpaired) electrons. The number of aliphatic carboxylic acids is 1. The topological polar surface area (TPSA) is 40.5 Å². The number of hydrogen-bond acceptors (Lipinski definition) is 4. The summed E-state index contributed by atoms with van der Waals surface area (Å²) in [7, 11) is 0. The molecule has 1 aliphatic heterocycles. The largest absolute Gasteiger partial charge is 0.479 e. The highest BCUT2D eigenvalue weighted by molar-refractivity contribution is 8.02. The molecule has 70 valence electrons. The first kappa shape index (κ1) is 10.2. The van der Waals surface area contributed by atoms with Crippen molar-refractivity contribution in [1.29, 1.82) is 0 Å². The van der Waals surface area contributed by atoms with Crippen LogP contribution in [0.5, 0.6) is 0 Å². The first-order valence-electron chi connectivity index (χ1n) is 3.77. The van der Waals surface area contributed by atoms with Gasteiger partial charge in [-0.15, -0.1) is 11.8 Å². The monoisotopic (exact) mass is 207 g/mol. The van der Waals surface area contributed by atoms with E-state index in [1.165, 1.54) is 23.7 Å². The summed E-state index contributed by atoms with van der Waals surface area (Å²) < 4.78 is 1.96. The molecular formula is C7H13NO2S2. The maximum absolute atomic E-state index is 11.0. The van der Waals surface area contributed by atoms with Gasteiger partial charge in [0.05, 0.1) is 0 Å². The summed E-state index contributed by atoms with van der Waals surface area (Å²) in [5.74, 6) is -0.707. The smallest absolute Gasteiger partial charge is 0.335 e. The van der Waals surface area contributed by atoms with Crippen LogP contribution in [0.3, 0.4) is 0 Å². The van der Waals surface area contributed by atoms with Gasteiger partial charge in [-0.05, 0) is 25.4 Å². The van der Waals surface area contributed by atoms with Crippen LogP contribution in [0.1, 0.15) is 12.8 Å². The molecule has 1 N–H and O–H groups in total. The molecule has 1 atom stereocenters. The van der Waals surface area contributed by atoms with E-state index in [1.807, 2.05) is 16.8 Å². The highest BCUT2D eigenvalue weighted by Crippen LogP contribution is 2.41. The van der Waals surface area contributed by atoms with Gasteiger partial charge in [-0.1, -0.05) is 11.9 Å². The van der Waals surface area contributed by atoms with Crippen molar-refractivity contribution in [2.75, 3.05) is 19.1 Å². The summed E-state index contributed by atoms with van der Waals surface area (Å²) >= 11 is 2.95. The van der Waals surface area contributed by atoms with Crippen molar-refractivity contribution < 1.29 is 9.90 Å². The molecule has 3 nitrogen and oxygen atoms in total. The van der Waals surface area contributed by atoms with E-state index in [2.05, 4.69) is 0 Å². The average Bonchev–Trinajstić information content (AvgIpc) is 2.47. The molecule has 0 amide bonds. The van der Waals surface area contributed by atoms with Gasteiger partial charge >= 0.3 is 5.97 Å². The van der Waals surface area contributed by atoms with Gasteiger partial charge in [0, 0.05) is 6.54 Å². The molecule has 1 aliphatic rings. The summed E-state index contributed by atoms with van der Waals surface area (Å²) in [6.45, 7) is 0.883. The number of thioether (sulfide) groups is 1. The Balaban J connectivity index is 2.83. The number of rotatable bonds is 3. The quantitative estimate of drug-likeness (QED) is 0.710. The van der Waals surface area contributed by atoms with Gasteiger partial charge in [0.15, 0.2) is 4.87 Å². The lowest BCUT2D eigenvalue weighted by Crippen LogP contribution is -2.43. The van der Waals surface area contributed by atoms with E-state index in [0.717, 1.165) is 19.4 Å². The zero-order valence-electron chi connectivity index (χ0n) is 7.24. The number of hydrogen-bond donors (Lipinski definition) is 1. The van der Waals surface area contributed by atoms with E-state index < -0.39 is 10.8 Å². The minimum Gasteiger partial charge on any atom is -0.479 e. The van der Waals surface area contributed by atoms with Crippen LogP contribution < -0.4 is 0 Å². The molecule has 5 heteroatoms. The Morgan fingerprint density at radius 1 is 1.58 bits per heavy atom. The summed E-state index contributed by atoms with van der Waals surface area (Å²) in [4.78, 5) is 10.4. The van der Waals surface area contributed by atoms with Gasteiger partial charge in [0.25, 0.3) is 0 Å². The Labute approximate surface area is 81.0 Å². The molecule has 0 aromatic heterocycles. The van der Waals surface area contributed by atoms with Crippen LogP contribution in [0.2, 0.25) is 0 Å². The maximum Gasteiger partial charge on any atom is 0.335 e. The molecule has 1 heterocycles. The highest BCUT2D eigenvalue weighted by atomic mass is 32.2. The van der Waals surface area contributed by atoms with Crippen LogP contribution in [0.15, 0.2) is 0 Å². The number of carbonyl (C=O) groups is 1. The fourth-order valence-corrected chi connectivity index (χ4v) is 3.55. The van der Waals surface area contributed by atoms with Crippen molar-refractivity contribution in [1.82, 2.24) is 4.31 Å². The third-order valence-electron chi connectivity index (χ3n) is 2.17. The van der Waals surface area contributed by atoms with Gasteiger partial charge in [-0.3, -0.25) is 0 Å². The van der Waals surface area contributed by atoms with Crippen molar-refractivity contribution in [2.45, 2.75) is 17.7 Å². The predicted octanol–water partition coefficient (Wildman–Crippen LogP) is 1.50. The van der Waals surface area contributed by atoms with Gasteiger partial charge in [0.1, 0.15) is 0 Å². The maximum atomic E-state index is 11.0. The second-order valence-corrected chi connectivity index (χ2v) is 4.57. The molecule has 0 unspecified atom stereocenters. The molecule has 0 saturated carbocycles. The zero-order valence-corrected chi connectivity index (χ0v) is 8.87. The number of carboxylic acids is 1. The summed E-state index contributed by atoms with van der Waals surface area (Å²) in [5.41, 5.74) is 0. The van der Waals surface area contributed by atoms with Crippen molar-refractivity contribution in [3.63, 3.8) is 0 Å². The molecule has 1 rings (SSSR count). The highest BCUT2D eigenvalue weighted by Gasteiger charge is 2.47. The minimum atomic E-state index is -0.707. The third-order valence-corrected chi connectivity index (χ3v) is 4.50. The summed E-state index contributed by atoms with van der Waals surface area (Å²) in [6, 6.07) is 0. The van der Waals surface area contributed by atoms with Crippen molar-refractivity contribution in [3.05, 3.63) is 0 Å². The molecule has 0 aromatic carbocycles. The van der Waals surface area contributed by atoms with E-state index in [1.54, 1.807) is 0 Å². The van der Waals surface area contributed by atoms with Gasteiger partial charge in [0.2, 0.25) is 0 Å². The predicted molar refractivity (Wildman–Crippen MR) is 53.3 cm³/mol. The lowest BCUT2D eigenvalue weighted by molar-refractivity contribution is -0.142. The third kappa shape index (κ3) is 1.45. The molecule has 0 bridgehead atoms. The lowest BCUT2D eigenvalue weighted by atomic mass is 10.2. The number of nitrogens with zero attached hydrogens (tertiary/aromatic N) is 1. The Kier molecular flexibility index (Phi) is 3.31. The van der Waals surface area contributed by atoms with E-state index in [-0.39, 0.29) is 0 Å². The van der Waals surface area contributed by atoms with Crippen LogP contribution in [-0.2, 0) is 4.79 Å². The van der Waals surface area contributed by atoms with Crippen LogP contribution >= 0.6 is 23.7 Å². The van der Waals surface area contributed by atoms with Crippen LogP contribution in [0.25, 0.3) is 0 Å². The zero-order chi connectivity index (χ0) is 9.19. The van der Waals surface area contributed by atoms with E-state index in [4.69, 9.17) is 5.11 Å². The molecule has 1 fully saturated rings. The first-order valence-corrected chi connectivity index (χ1v) is 6.18. The first-order chi connectivity index (χ1) is 5.67. The fraction of sp³-hybridized carbons (Fsp3) is 0.857. The lowest BCUT2D eigenvalue weighted by Gasteiger charge is -2.30. The molecule has 1 saturated heterocycles. The van der Waals surface area contributed by atoms with Gasteiger partial charge in [-0.25, -0.2) is 9.10 Å². The SMILES string of the molecule is CSN1CCC[C@@]1(SC)C(=O)O. The Morgan fingerprint density at radius 3 is 2.58 bits per heavy atom. The summed E-state index contributed by atoms with van der Waals surface area (Å²) in [5, 5.41) is 9.09. The second-order valence-electron chi connectivity index (χ2n) is 2.68. The van der Waals surface area contributed by atoms with Crippen molar-refractivity contribution in [2.24, 2.45) is 0 Å². The van der Waals surface area contributed by atoms with Gasteiger partial charge in [-0.2, -0.15) is 0 Å². The molecule has 0 aromatic rings. The average molecular weight is 207 g/mol. The standard InChI is InChI=1S/C7H13NO2S2/c1-11-7(6(9)10)4-3-5-8(7)12-2/h3-5H2,1-2H3,(H,9,10)/t7-/m1/s1. The minimum absolute atomic E-state index is 0.667. The Hall–Kier alpha value is 0.130. The molecule has 0 aliphatic carbocycles. The normalized spacial score (nSPS) is 30.8. The Morgan fingerprint density at radius 2 is 2.25 bits per heavy atom. The van der Waals surface area contributed by atoms with Gasteiger partial charge < -0.3 is 5.11 Å². The Bertz CT molecular complexity index is 188. The van der Waals surface area contributed by atoms with Crippen molar-refractivity contribution in [3.8, 4) is 0 Å². The van der Waals surface area contributed by atoms with E-state index >= 15 is 0 Å². The van der Waals surface area contributed by atoms with Crippen molar-refractivity contribution >= 4 is 29.7 Å². The van der Waals surface area contributed by atoms with E-state index in [0.29, 0.717) is 0 Å².